The van der Waals surface area contributed by atoms with Gasteiger partial charge in [0.25, 0.3) is 0 Å². The number of ether oxygens (including phenoxy) is 1. The van der Waals surface area contributed by atoms with Crippen molar-refractivity contribution in [3.05, 3.63) is 67.3 Å². The molecule has 3 aromatic rings. The lowest BCUT2D eigenvalue weighted by molar-refractivity contribution is 0.230. The summed E-state index contributed by atoms with van der Waals surface area (Å²) >= 11 is 18.2. The number of anilines is 1. The molecule has 0 bridgehead atoms. The molecule has 1 aliphatic heterocycles. The van der Waals surface area contributed by atoms with E-state index >= 15 is 0 Å². The van der Waals surface area contributed by atoms with Gasteiger partial charge < -0.3 is 15.0 Å². The zero-order chi connectivity index (χ0) is 26.4. The van der Waals surface area contributed by atoms with Crippen LogP contribution in [-0.4, -0.2) is 46.0 Å². The number of rotatable bonds is 4. The molecule has 2 aromatic carbocycles. The number of amides is 2. The fraction of sp³-hybridized carbons (Fsp3) is 0.320. The standard InChI is InChI=1S/C15H13Cl2N3O2.C10H13ClN2O/c1-2-7-22-13-9-12(10(16)8-11(13)17)20-15(21)19-6-4-3-5-14(19)18-20;1-7-4-5-8(6-9(7)11)12-10(14)13(2)3/h1,8-9H,3-7H2;4-6H,1-3H3,(H,12,14). The van der Waals surface area contributed by atoms with E-state index in [2.05, 4.69) is 16.3 Å². The van der Waals surface area contributed by atoms with Crippen molar-refractivity contribution < 1.29 is 9.53 Å². The van der Waals surface area contributed by atoms with Crippen molar-refractivity contribution in [2.24, 2.45) is 0 Å². The molecule has 1 aromatic heterocycles. The van der Waals surface area contributed by atoms with Gasteiger partial charge in [0.2, 0.25) is 0 Å². The molecule has 0 aliphatic carbocycles. The van der Waals surface area contributed by atoms with E-state index < -0.39 is 0 Å². The summed E-state index contributed by atoms with van der Waals surface area (Å²) in [5, 5.41) is 8.41. The molecule has 1 aliphatic rings. The molecule has 0 fully saturated rings. The van der Waals surface area contributed by atoms with Crippen LogP contribution in [0.4, 0.5) is 10.5 Å². The van der Waals surface area contributed by atoms with Gasteiger partial charge in [-0.2, -0.15) is 4.68 Å². The molecule has 8 nitrogen and oxygen atoms in total. The summed E-state index contributed by atoms with van der Waals surface area (Å²) in [5.41, 5.74) is 1.93. The monoisotopic (exact) mass is 549 g/mol. The fourth-order valence-electron chi connectivity index (χ4n) is 3.37. The maximum absolute atomic E-state index is 12.5. The molecule has 4 rings (SSSR count). The van der Waals surface area contributed by atoms with Gasteiger partial charge in [-0.05, 0) is 43.5 Å². The van der Waals surface area contributed by atoms with Crippen LogP contribution >= 0.6 is 34.8 Å². The van der Waals surface area contributed by atoms with Crippen molar-refractivity contribution in [2.45, 2.75) is 32.7 Å². The molecule has 2 heterocycles. The maximum atomic E-state index is 12.5. The van der Waals surface area contributed by atoms with E-state index in [9.17, 15) is 9.59 Å². The van der Waals surface area contributed by atoms with Crippen molar-refractivity contribution in [3.8, 4) is 23.8 Å². The highest BCUT2D eigenvalue weighted by atomic mass is 35.5. The zero-order valence-corrected chi connectivity index (χ0v) is 22.4. The second kappa shape index (κ2) is 12.2. The van der Waals surface area contributed by atoms with Crippen molar-refractivity contribution >= 4 is 46.5 Å². The number of nitrogens with zero attached hydrogens (tertiary/aromatic N) is 4. The summed E-state index contributed by atoms with van der Waals surface area (Å²) in [5.74, 6) is 3.51. The van der Waals surface area contributed by atoms with Crippen LogP contribution in [0.3, 0.4) is 0 Å². The quantitative estimate of drug-likeness (QED) is 0.439. The number of hydrogen-bond acceptors (Lipinski definition) is 4. The SMILES string of the molecule is C#CCOc1cc(-n2nc3n(c2=O)CCCC3)c(Cl)cc1Cl.Cc1ccc(NC(=O)N(C)C)cc1Cl. The second-order valence-electron chi connectivity index (χ2n) is 8.23. The summed E-state index contributed by atoms with van der Waals surface area (Å²) in [6.45, 7) is 2.68. The third-order valence-corrected chi connectivity index (χ3v) is 6.35. The van der Waals surface area contributed by atoms with Gasteiger partial charge in [0.05, 0.1) is 15.7 Å². The first kappa shape index (κ1) is 27.5. The Balaban J connectivity index is 0.000000223. The number of benzene rings is 2. The van der Waals surface area contributed by atoms with E-state index in [-0.39, 0.29) is 18.3 Å². The highest BCUT2D eigenvalue weighted by molar-refractivity contribution is 6.36. The lowest BCUT2D eigenvalue weighted by Gasteiger charge is -2.12. The van der Waals surface area contributed by atoms with E-state index in [1.165, 1.54) is 15.6 Å². The minimum atomic E-state index is -0.207. The van der Waals surface area contributed by atoms with Crippen molar-refractivity contribution in [3.63, 3.8) is 0 Å². The van der Waals surface area contributed by atoms with Crippen molar-refractivity contribution in [1.29, 1.82) is 0 Å². The number of nitrogens with one attached hydrogen (secondary N) is 1. The predicted octanol–water partition coefficient (Wildman–Crippen LogP) is 5.43. The van der Waals surface area contributed by atoms with Crippen LogP contribution < -0.4 is 15.7 Å². The van der Waals surface area contributed by atoms with Crippen LogP contribution in [0.2, 0.25) is 15.1 Å². The van der Waals surface area contributed by atoms with Gasteiger partial charge >= 0.3 is 11.7 Å². The molecule has 11 heteroatoms. The van der Waals surface area contributed by atoms with Crippen LogP contribution in [0, 0.1) is 19.3 Å². The number of carbonyl (C=O) groups excluding carboxylic acids is 1. The molecule has 190 valence electrons. The topological polar surface area (TPSA) is 81.4 Å². The Morgan fingerprint density at radius 2 is 1.92 bits per heavy atom. The molecule has 0 unspecified atom stereocenters. The van der Waals surface area contributed by atoms with Crippen LogP contribution in [0.1, 0.15) is 24.2 Å². The summed E-state index contributed by atoms with van der Waals surface area (Å²) in [6, 6.07) is 8.37. The van der Waals surface area contributed by atoms with E-state index in [0.717, 1.165) is 30.7 Å². The Hall–Kier alpha value is -3.12. The lowest BCUT2D eigenvalue weighted by atomic mass is 10.2. The summed E-state index contributed by atoms with van der Waals surface area (Å²) < 4.78 is 8.34. The van der Waals surface area contributed by atoms with E-state index in [4.69, 9.17) is 46.0 Å². The summed E-state index contributed by atoms with van der Waals surface area (Å²) in [4.78, 5) is 25.2. The summed E-state index contributed by atoms with van der Waals surface area (Å²) in [7, 11) is 3.37. The van der Waals surface area contributed by atoms with Gasteiger partial charge in [-0.15, -0.1) is 11.5 Å². The Morgan fingerprint density at radius 1 is 1.17 bits per heavy atom. The average Bonchev–Trinajstić information content (AvgIpc) is 3.17. The van der Waals surface area contributed by atoms with Crippen LogP contribution in [-0.2, 0) is 13.0 Å². The first-order valence-electron chi connectivity index (χ1n) is 11.1. The molecule has 1 N–H and O–H groups in total. The van der Waals surface area contributed by atoms with Gasteiger partial charge in [0.15, 0.2) is 0 Å². The molecular weight excluding hydrogens is 525 g/mol. The van der Waals surface area contributed by atoms with Crippen LogP contribution in [0.15, 0.2) is 35.1 Å². The molecule has 0 radical (unpaired) electrons. The zero-order valence-electron chi connectivity index (χ0n) is 20.1. The second-order valence-corrected chi connectivity index (χ2v) is 9.46. The third kappa shape index (κ3) is 6.55. The van der Waals surface area contributed by atoms with Gasteiger partial charge in [0, 0.05) is 43.8 Å². The van der Waals surface area contributed by atoms with Gasteiger partial charge in [-0.3, -0.25) is 4.57 Å². The highest BCUT2D eigenvalue weighted by Gasteiger charge is 2.20. The normalized spacial score (nSPS) is 12.0. The van der Waals surface area contributed by atoms with Crippen LogP contribution in [0.5, 0.6) is 5.75 Å². The van der Waals surface area contributed by atoms with Gasteiger partial charge in [0.1, 0.15) is 18.2 Å². The number of aromatic nitrogens is 3. The molecular formula is C25H26Cl3N5O3. The number of urea groups is 1. The van der Waals surface area contributed by atoms with E-state index in [1.54, 1.807) is 30.8 Å². The first-order chi connectivity index (χ1) is 17.1. The molecule has 2 amide bonds. The predicted molar refractivity (Wildman–Crippen MR) is 144 cm³/mol. The summed E-state index contributed by atoms with van der Waals surface area (Å²) in [6.07, 6.45) is 7.97. The minimum Gasteiger partial charge on any atom is -0.479 e. The van der Waals surface area contributed by atoms with Gasteiger partial charge in [-0.1, -0.05) is 46.8 Å². The molecule has 36 heavy (non-hydrogen) atoms. The maximum Gasteiger partial charge on any atom is 0.350 e. The van der Waals surface area contributed by atoms with E-state index in [0.29, 0.717) is 38.7 Å². The third-order valence-electron chi connectivity index (χ3n) is 5.34. The number of fused-ring (bicyclic) bond motifs is 1. The van der Waals surface area contributed by atoms with Gasteiger partial charge in [-0.25, -0.2) is 9.59 Å². The smallest absolute Gasteiger partial charge is 0.350 e. The number of hydrogen-bond donors (Lipinski definition) is 1. The molecule has 0 spiro atoms. The van der Waals surface area contributed by atoms with Crippen LogP contribution in [0.25, 0.3) is 5.69 Å². The molecule has 0 saturated heterocycles. The number of aryl methyl sites for hydroxylation is 2. The van der Waals surface area contributed by atoms with E-state index in [1.807, 2.05) is 19.1 Å². The minimum absolute atomic E-state index is 0.0788. The molecule has 0 atom stereocenters. The Labute approximate surface area is 224 Å². The fourth-order valence-corrected chi connectivity index (χ4v) is 4.07. The number of carbonyl (C=O) groups is 1. The van der Waals surface area contributed by atoms with Crippen molar-refractivity contribution in [2.75, 3.05) is 26.0 Å². The number of halogens is 3. The lowest BCUT2D eigenvalue weighted by Crippen LogP contribution is -2.27. The Morgan fingerprint density at radius 3 is 2.56 bits per heavy atom. The number of terminal acetylenes is 1. The molecule has 0 saturated carbocycles. The van der Waals surface area contributed by atoms with Crippen molar-refractivity contribution in [1.82, 2.24) is 19.2 Å². The Bertz CT molecular complexity index is 1360. The largest absolute Gasteiger partial charge is 0.479 e. The first-order valence-corrected chi connectivity index (χ1v) is 12.2. The highest BCUT2D eigenvalue weighted by Crippen LogP contribution is 2.32. The Kier molecular flexibility index (Phi) is 9.32. The average molecular weight is 551 g/mol.